The second-order valence-electron chi connectivity index (χ2n) is 6.35. The molecule has 2 aromatic carbocycles. The predicted octanol–water partition coefficient (Wildman–Crippen LogP) is 2.77. The van der Waals surface area contributed by atoms with Gasteiger partial charge in [-0.05, 0) is 65.5 Å². The van der Waals surface area contributed by atoms with Crippen LogP contribution in [0.2, 0.25) is 0 Å². The SMILES string of the molecule is NC(=O)C1CCc2cc3c(cc2C1)Cc1ccccc1C3. The van der Waals surface area contributed by atoms with Gasteiger partial charge in [-0.3, -0.25) is 4.79 Å². The lowest BCUT2D eigenvalue weighted by molar-refractivity contribution is -0.122. The van der Waals surface area contributed by atoms with Gasteiger partial charge in [0, 0.05) is 5.92 Å². The summed E-state index contributed by atoms with van der Waals surface area (Å²) in [6, 6.07) is 13.4. The molecule has 106 valence electrons. The smallest absolute Gasteiger partial charge is 0.220 e. The second kappa shape index (κ2) is 4.73. The quantitative estimate of drug-likeness (QED) is 0.730. The minimum absolute atomic E-state index is 0.0198. The van der Waals surface area contributed by atoms with Crippen molar-refractivity contribution in [3.05, 3.63) is 69.8 Å². The summed E-state index contributed by atoms with van der Waals surface area (Å²) >= 11 is 0. The predicted molar refractivity (Wildman–Crippen MR) is 83.2 cm³/mol. The summed E-state index contributed by atoms with van der Waals surface area (Å²) in [6.07, 6.45) is 4.76. The average Bonchev–Trinajstić information content (AvgIpc) is 2.50. The summed E-state index contributed by atoms with van der Waals surface area (Å²) in [5.74, 6) is -0.129. The van der Waals surface area contributed by atoms with Crippen LogP contribution in [0, 0.1) is 5.92 Å². The molecule has 2 nitrogen and oxygen atoms in total. The van der Waals surface area contributed by atoms with Crippen LogP contribution < -0.4 is 5.73 Å². The summed E-state index contributed by atoms with van der Waals surface area (Å²) in [4.78, 5) is 11.4. The molecule has 21 heavy (non-hydrogen) atoms. The van der Waals surface area contributed by atoms with Gasteiger partial charge in [-0.15, -0.1) is 0 Å². The number of fused-ring (bicyclic) bond motifs is 3. The molecule has 0 aromatic heterocycles. The van der Waals surface area contributed by atoms with Crippen LogP contribution in [0.1, 0.15) is 39.8 Å². The Morgan fingerprint density at radius 2 is 1.52 bits per heavy atom. The Balaban J connectivity index is 1.72. The lowest BCUT2D eigenvalue weighted by Crippen LogP contribution is -2.29. The van der Waals surface area contributed by atoms with Gasteiger partial charge in [0.1, 0.15) is 0 Å². The maximum Gasteiger partial charge on any atom is 0.220 e. The number of carbonyl (C=O) groups excluding carboxylic acids is 1. The van der Waals surface area contributed by atoms with E-state index in [1.165, 1.54) is 33.4 Å². The molecule has 2 aliphatic carbocycles. The van der Waals surface area contributed by atoms with Crippen molar-refractivity contribution >= 4 is 5.91 Å². The monoisotopic (exact) mass is 277 g/mol. The number of primary amides is 1. The van der Waals surface area contributed by atoms with Gasteiger partial charge in [-0.1, -0.05) is 36.4 Å². The summed E-state index contributed by atoms with van der Waals surface area (Å²) in [5.41, 5.74) is 14.0. The van der Waals surface area contributed by atoms with E-state index in [0.717, 1.165) is 32.1 Å². The minimum atomic E-state index is -0.149. The highest BCUT2D eigenvalue weighted by atomic mass is 16.1. The fraction of sp³-hybridized carbons (Fsp3) is 0.316. The Morgan fingerprint density at radius 1 is 0.905 bits per heavy atom. The van der Waals surface area contributed by atoms with E-state index >= 15 is 0 Å². The third-order valence-electron chi connectivity index (χ3n) is 5.03. The van der Waals surface area contributed by atoms with Gasteiger partial charge < -0.3 is 5.73 Å². The zero-order valence-corrected chi connectivity index (χ0v) is 12.1. The van der Waals surface area contributed by atoms with Crippen LogP contribution in [0.3, 0.4) is 0 Å². The molecule has 4 rings (SSSR count). The number of rotatable bonds is 1. The first-order chi connectivity index (χ1) is 10.2. The van der Waals surface area contributed by atoms with Gasteiger partial charge in [0.15, 0.2) is 0 Å². The minimum Gasteiger partial charge on any atom is -0.369 e. The zero-order valence-electron chi connectivity index (χ0n) is 12.1. The Hall–Kier alpha value is -2.09. The van der Waals surface area contributed by atoms with Crippen molar-refractivity contribution in [3.63, 3.8) is 0 Å². The molecule has 0 saturated heterocycles. The molecule has 1 unspecified atom stereocenters. The molecule has 2 aromatic rings. The van der Waals surface area contributed by atoms with Crippen molar-refractivity contribution in [3.8, 4) is 0 Å². The summed E-state index contributed by atoms with van der Waals surface area (Å²) in [6.45, 7) is 0. The van der Waals surface area contributed by atoms with Gasteiger partial charge in [-0.2, -0.15) is 0 Å². The third kappa shape index (κ3) is 2.15. The van der Waals surface area contributed by atoms with Crippen molar-refractivity contribution in [1.82, 2.24) is 0 Å². The molecule has 0 saturated carbocycles. The molecule has 0 aliphatic heterocycles. The van der Waals surface area contributed by atoms with E-state index in [1.54, 1.807) is 0 Å². The first-order valence-corrected chi connectivity index (χ1v) is 7.70. The molecule has 1 atom stereocenters. The fourth-order valence-corrected chi connectivity index (χ4v) is 3.80. The van der Waals surface area contributed by atoms with Gasteiger partial charge in [-0.25, -0.2) is 0 Å². The molecule has 0 heterocycles. The van der Waals surface area contributed by atoms with Crippen molar-refractivity contribution in [1.29, 1.82) is 0 Å². The van der Waals surface area contributed by atoms with Crippen LogP contribution in [-0.4, -0.2) is 5.91 Å². The Bertz CT molecular complexity index is 732. The molecule has 0 bridgehead atoms. The standard InChI is InChI=1S/C19H19NO/c20-19(21)15-6-5-14-9-17-7-12-3-1-2-4-13(12)8-18(17)11-16(14)10-15/h1-4,9,11,15H,5-8,10H2,(H2,20,21). The van der Waals surface area contributed by atoms with Crippen molar-refractivity contribution in [2.75, 3.05) is 0 Å². The first kappa shape index (κ1) is 12.6. The number of carbonyl (C=O) groups is 1. The topological polar surface area (TPSA) is 43.1 Å². The number of benzene rings is 2. The average molecular weight is 277 g/mol. The van der Waals surface area contributed by atoms with Crippen LogP contribution in [0.15, 0.2) is 36.4 Å². The molecule has 0 fully saturated rings. The van der Waals surface area contributed by atoms with Gasteiger partial charge in [0.25, 0.3) is 0 Å². The van der Waals surface area contributed by atoms with Gasteiger partial charge in [0.05, 0.1) is 0 Å². The lowest BCUT2D eigenvalue weighted by atomic mass is 9.78. The van der Waals surface area contributed by atoms with Crippen molar-refractivity contribution < 1.29 is 4.79 Å². The van der Waals surface area contributed by atoms with Crippen molar-refractivity contribution in [2.24, 2.45) is 11.7 Å². The largest absolute Gasteiger partial charge is 0.369 e. The van der Waals surface area contributed by atoms with E-state index in [-0.39, 0.29) is 11.8 Å². The Morgan fingerprint density at radius 3 is 2.14 bits per heavy atom. The number of hydrogen-bond donors (Lipinski definition) is 1. The zero-order chi connectivity index (χ0) is 14.4. The summed E-state index contributed by atoms with van der Waals surface area (Å²) < 4.78 is 0. The Kier molecular flexibility index (Phi) is 2.85. The lowest BCUT2D eigenvalue weighted by Gasteiger charge is -2.27. The van der Waals surface area contributed by atoms with Crippen molar-refractivity contribution in [2.45, 2.75) is 32.1 Å². The fourth-order valence-electron chi connectivity index (χ4n) is 3.80. The molecule has 0 radical (unpaired) electrons. The van der Waals surface area contributed by atoms with Crippen LogP contribution in [0.5, 0.6) is 0 Å². The third-order valence-corrected chi connectivity index (χ3v) is 5.03. The highest BCUT2D eigenvalue weighted by Gasteiger charge is 2.25. The van der Waals surface area contributed by atoms with E-state index in [2.05, 4.69) is 36.4 Å². The highest BCUT2D eigenvalue weighted by Crippen LogP contribution is 2.33. The maximum atomic E-state index is 11.4. The first-order valence-electron chi connectivity index (χ1n) is 7.70. The number of nitrogens with two attached hydrogens (primary N) is 1. The molecule has 1 amide bonds. The summed E-state index contributed by atoms with van der Waals surface area (Å²) in [7, 11) is 0. The molecule has 2 heteroatoms. The number of hydrogen-bond acceptors (Lipinski definition) is 1. The molecular weight excluding hydrogens is 258 g/mol. The Labute approximate surface area is 125 Å². The van der Waals surface area contributed by atoms with Crippen LogP contribution in [0.4, 0.5) is 0 Å². The normalized spacial score (nSPS) is 19.3. The van der Waals surface area contributed by atoms with Gasteiger partial charge in [0.2, 0.25) is 5.91 Å². The number of aryl methyl sites for hydroxylation is 1. The maximum absolute atomic E-state index is 11.4. The number of amides is 1. The van der Waals surface area contributed by atoms with E-state index in [0.29, 0.717) is 0 Å². The highest BCUT2D eigenvalue weighted by molar-refractivity contribution is 5.77. The molecular formula is C19H19NO. The molecule has 2 N–H and O–H groups in total. The molecule has 0 spiro atoms. The van der Waals surface area contributed by atoms with Crippen LogP contribution in [-0.2, 0) is 30.5 Å². The summed E-state index contributed by atoms with van der Waals surface area (Å²) in [5, 5.41) is 0. The van der Waals surface area contributed by atoms with E-state index < -0.39 is 0 Å². The van der Waals surface area contributed by atoms with E-state index in [4.69, 9.17) is 5.73 Å². The van der Waals surface area contributed by atoms with Crippen LogP contribution in [0.25, 0.3) is 0 Å². The second-order valence-corrected chi connectivity index (χ2v) is 6.35. The van der Waals surface area contributed by atoms with Crippen LogP contribution >= 0.6 is 0 Å². The van der Waals surface area contributed by atoms with E-state index in [1.807, 2.05) is 0 Å². The van der Waals surface area contributed by atoms with E-state index in [9.17, 15) is 4.79 Å². The molecule has 2 aliphatic rings. The van der Waals surface area contributed by atoms with Gasteiger partial charge >= 0.3 is 0 Å².